The number of benzene rings is 1. The predicted octanol–water partition coefficient (Wildman–Crippen LogP) is 2.25. The second-order valence-electron chi connectivity index (χ2n) is 5.18. The van der Waals surface area contributed by atoms with E-state index in [-0.39, 0.29) is 18.6 Å². The van der Waals surface area contributed by atoms with Gasteiger partial charge in [-0.15, -0.1) is 0 Å². The molecule has 3 N–H and O–H groups in total. The van der Waals surface area contributed by atoms with Gasteiger partial charge in [-0.3, -0.25) is 4.79 Å². The maximum Gasteiger partial charge on any atom is 0.257 e. The number of carbonyl (C=O) groups is 1. The molecular formula is C15H24N2O2. The minimum atomic E-state index is -0.0862. The van der Waals surface area contributed by atoms with Gasteiger partial charge in [-0.1, -0.05) is 26.0 Å². The Morgan fingerprint density at radius 3 is 2.42 bits per heavy atom. The minimum Gasteiger partial charge on any atom is -0.484 e. The predicted molar refractivity (Wildman–Crippen MR) is 77.0 cm³/mol. The molecule has 0 aliphatic rings. The van der Waals surface area contributed by atoms with Crippen LogP contribution in [0.4, 0.5) is 0 Å². The fraction of sp³-hybridized carbons (Fsp3) is 0.533. The van der Waals surface area contributed by atoms with E-state index < -0.39 is 0 Å². The van der Waals surface area contributed by atoms with Gasteiger partial charge in [0, 0.05) is 12.6 Å². The van der Waals surface area contributed by atoms with E-state index in [1.807, 2.05) is 31.2 Å². The van der Waals surface area contributed by atoms with Crippen LogP contribution in [0.25, 0.3) is 0 Å². The molecule has 106 valence electrons. The van der Waals surface area contributed by atoms with Crippen LogP contribution in [0.5, 0.6) is 5.75 Å². The van der Waals surface area contributed by atoms with Crippen molar-refractivity contribution in [3.63, 3.8) is 0 Å². The number of hydrogen-bond acceptors (Lipinski definition) is 3. The Morgan fingerprint density at radius 2 is 1.89 bits per heavy atom. The molecule has 0 aliphatic carbocycles. The largest absolute Gasteiger partial charge is 0.484 e. The zero-order chi connectivity index (χ0) is 14.3. The van der Waals surface area contributed by atoms with Gasteiger partial charge < -0.3 is 15.8 Å². The summed E-state index contributed by atoms with van der Waals surface area (Å²) in [4.78, 5) is 11.5. The zero-order valence-electron chi connectivity index (χ0n) is 12.0. The number of rotatable bonds is 7. The SMILES string of the molecule is CC(C)CCNC(=O)COc1ccc(C(C)N)cc1. The Labute approximate surface area is 115 Å². The molecule has 1 aromatic carbocycles. The van der Waals surface area contributed by atoms with E-state index in [4.69, 9.17) is 10.5 Å². The normalized spacial score (nSPS) is 12.3. The quantitative estimate of drug-likeness (QED) is 0.794. The molecule has 0 aliphatic heterocycles. The third kappa shape index (κ3) is 6.25. The fourth-order valence-electron chi connectivity index (χ4n) is 1.57. The first-order chi connectivity index (χ1) is 8.99. The summed E-state index contributed by atoms with van der Waals surface area (Å²) < 4.78 is 5.41. The standard InChI is InChI=1S/C15H24N2O2/c1-11(2)8-9-17-15(18)10-19-14-6-4-13(5-7-14)12(3)16/h4-7,11-12H,8-10,16H2,1-3H3,(H,17,18). The van der Waals surface area contributed by atoms with Crippen molar-refractivity contribution in [3.05, 3.63) is 29.8 Å². The van der Waals surface area contributed by atoms with Crippen molar-refractivity contribution in [2.75, 3.05) is 13.2 Å². The Balaban J connectivity index is 2.30. The second kappa shape index (κ2) is 7.79. The van der Waals surface area contributed by atoms with Gasteiger partial charge in [0.25, 0.3) is 5.91 Å². The molecule has 0 fully saturated rings. The Bertz CT molecular complexity index is 386. The lowest BCUT2D eigenvalue weighted by Crippen LogP contribution is -2.30. The van der Waals surface area contributed by atoms with Crippen LogP contribution in [-0.2, 0) is 4.79 Å². The highest BCUT2D eigenvalue weighted by atomic mass is 16.5. The van der Waals surface area contributed by atoms with Crippen LogP contribution < -0.4 is 15.8 Å². The van der Waals surface area contributed by atoms with Crippen LogP contribution in [0.2, 0.25) is 0 Å². The number of hydrogen-bond donors (Lipinski definition) is 2. The average molecular weight is 264 g/mol. The molecule has 0 heterocycles. The maximum atomic E-state index is 11.5. The Morgan fingerprint density at radius 1 is 1.26 bits per heavy atom. The second-order valence-corrected chi connectivity index (χ2v) is 5.18. The van der Waals surface area contributed by atoms with Crippen LogP contribution in [0.15, 0.2) is 24.3 Å². The number of amides is 1. The van der Waals surface area contributed by atoms with Crippen LogP contribution >= 0.6 is 0 Å². The van der Waals surface area contributed by atoms with Gasteiger partial charge in [0.05, 0.1) is 0 Å². The summed E-state index contributed by atoms with van der Waals surface area (Å²) in [5.41, 5.74) is 6.81. The van der Waals surface area contributed by atoms with Crippen LogP contribution in [0.3, 0.4) is 0 Å². The summed E-state index contributed by atoms with van der Waals surface area (Å²) in [6.45, 7) is 6.93. The van der Waals surface area contributed by atoms with Gasteiger partial charge in [-0.05, 0) is 37.0 Å². The molecule has 1 unspecified atom stereocenters. The summed E-state index contributed by atoms with van der Waals surface area (Å²) in [6.07, 6.45) is 0.981. The lowest BCUT2D eigenvalue weighted by Gasteiger charge is -2.10. The molecule has 1 atom stereocenters. The van der Waals surface area contributed by atoms with Crippen LogP contribution in [-0.4, -0.2) is 19.1 Å². The van der Waals surface area contributed by atoms with Gasteiger partial charge in [-0.2, -0.15) is 0 Å². The molecule has 4 nitrogen and oxygen atoms in total. The molecule has 19 heavy (non-hydrogen) atoms. The molecule has 1 amide bonds. The summed E-state index contributed by atoms with van der Waals surface area (Å²) in [5.74, 6) is 1.19. The summed E-state index contributed by atoms with van der Waals surface area (Å²) in [5, 5.41) is 2.83. The molecule has 0 radical (unpaired) electrons. The number of carbonyl (C=O) groups excluding carboxylic acids is 1. The molecule has 0 bridgehead atoms. The molecule has 0 saturated heterocycles. The highest BCUT2D eigenvalue weighted by Crippen LogP contribution is 2.15. The molecule has 0 saturated carbocycles. The van der Waals surface area contributed by atoms with Crippen molar-refractivity contribution in [1.82, 2.24) is 5.32 Å². The van der Waals surface area contributed by atoms with E-state index in [1.165, 1.54) is 0 Å². The first kappa shape index (κ1) is 15.5. The van der Waals surface area contributed by atoms with E-state index in [0.29, 0.717) is 18.2 Å². The van der Waals surface area contributed by atoms with E-state index in [9.17, 15) is 4.79 Å². The van der Waals surface area contributed by atoms with Crippen molar-refractivity contribution in [2.24, 2.45) is 11.7 Å². The summed E-state index contributed by atoms with van der Waals surface area (Å²) in [7, 11) is 0. The third-order valence-electron chi connectivity index (χ3n) is 2.82. The smallest absolute Gasteiger partial charge is 0.257 e. The highest BCUT2D eigenvalue weighted by Gasteiger charge is 2.04. The van der Waals surface area contributed by atoms with Crippen LogP contribution in [0, 0.1) is 5.92 Å². The van der Waals surface area contributed by atoms with Gasteiger partial charge in [0.2, 0.25) is 0 Å². The van der Waals surface area contributed by atoms with Gasteiger partial charge in [0.1, 0.15) is 5.75 Å². The van der Waals surface area contributed by atoms with Crippen molar-refractivity contribution in [2.45, 2.75) is 33.2 Å². The Hall–Kier alpha value is -1.55. The topological polar surface area (TPSA) is 64.3 Å². The van der Waals surface area contributed by atoms with E-state index >= 15 is 0 Å². The average Bonchev–Trinajstić information content (AvgIpc) is 2.36. The van der Waals surface area contributed by atoms with Crippen molar-refractivity contribution in [1.29, 1.82) is 0 Å². The van der Waals surface area contributed by atoms with Crippen molar-refractivity contribution in [3.8, 4) is 5.75 Å². The zero-order valence-corrected chi connectivity index (χ0v) is 12.0. The van der Waals surface area contributed by atoms with Crippen molar-refractivity contribution >= 4 is 5.91 Å². The molecule has 4 heteroatoms. The third-order valence-corrected chi connectivity index (χ3v) is 2.82. The molecule has 0 aromatic heterocycles. The molecule has 1 aromatic rings. The summed E-state index contributed by atoms with van der Waals surface area (Å²) in [6, 6.07) is 7.50. The lowest BCUT2D eigenvalue weighted by molar-refractivity contribution is -0.123. The molecule has 1 rings (SSSR count). The highest BCUT2D eigenvalue weighted by molar-refractivity contribution is 5.77. The van der Waals surface area contributed by atoms with Gasteiger partial charge >= 0.3 is 0 Å². The van der Waals surface area contributed by atoms with Gasteiger partial charge in [0.15, 0.2) is 6.61 Å². The monoisotopic (exact) mass is 264 g/mol. The molecular weight excluding hydrogens is 240 g/mol. The number of nitrogens with two attached hydrogens (primary N) is 1. The first-order valence-electron chi connectivity index (χ1n) is 6.74. The van der Waals surface area contributed by atoms with Crippen LogP contribution in [0.1, 0.15) is 38.8 Å². The van der Waals surface area contributed by atoms with E-state index in [2.05, 4.69) is 19.2 Å². The summed E-state index contributed by atoms with van der Waals surface area (Å²) >= 11 is 0. The Kier molecular flexibility index (Phi) is 6.36. The van der Waals surface area contributed by atoms with E-state index in [0.717, 1.165) is 12.0 Å². The minimum absolute atomic E-state index is 0.00776. The number of nitrogens with one attached hydrogen (secondary N) is 1. The maximum absolute atomic E-state index is 11.5. The first-order valence-corrected chi connectivity index (χ1v) is 6.74. The van der Waals surface area contributed by atoms with Crippen molar-refractivity contribution < 1.29 is 9.53 Å². The lowest BCUT2D eigenvalue weighted by atomic mass is 10.1. The fourth-order valence-corrected chi connectivity index (χ4v) is 1.57. The number of ether oxygens (including phenoxy) is 1. The molecule has 0 spiro atoms. The van der Waals surface area contributed by atoms with Gasteiger partial charge in [-0.25, -0.2) is 0 Å². The van der Waals surface area contributed by atoms with E-state index in [1.54, 1.807) is 0 Å².